The minimum absolute atomic E-state index is 0.0379. The van der Waals surface area contributed by atoms with Crippen molar-refractivity contribution in [1.82, 2.24) is 19.8 Å². The SMILES string of the molecule is CC(C)N(CC1CCCN(C(=O)Cc2csc(-c3ccccn3)n2)C1)C(=O)OC(C)(C)C. The number of carbonyl (C=O) groups excluding carboxylic acids is 2. The van der Waals surface area contributed by atoms with E-state index in [1.807, 2.05) is 63.1 Å². The molecular formula is C24H34N4O3S. The van der Waals surface area contributed by atoms with Crippen LogP contribution in [0.5, 0.6) is 0 Å². The molecule has 2 aromatic rings. The number of hydrogen-bond donors (Lipinski definition) is 0. The maximum absolute atomic E-state index is 13.0. The normalized spacial score (nSPS) is 16.8. The van der Waals surface area contributed by atoms with Gasteiger partial charge >= 0.3 is 6.09 Å². The van der Waals surface area contributed by atoms with Crippen molar-refractivity contribution in [2.45, 2.75) is 65.5 Å². The molecule has 3 rings (SSSR count). The Hall–Kier alpha value is -2.48. The van der Waals surface area contributed by atoms with Gasteiger partial charge in [-0.15, -0.1) is 11.3 Å². The van der Waals surface area contributed by atoms with Crippen LogP contribution in [0.1, 0.15) is 53.2 Å². The van der Waals surface area contributed by atoms with Crippen LogP contribution in [0.3, 0.4) is 0 Å². The van der Waals surface area contributed by atoms with E-state index in [1.165, 1.54) is 11.3 Å². The first-order valence-corrected chi connectivity index (χ1v) is 12.1. The molecule has 7 nitrogen and oxygen atoms in total. The third kappa shape index (κ3) is 6.76. The maximum atomic E-state index is 13.0. The average molecular weight is 459 g/mol. The van der Waals surface area contributed by atoms with E-state index < -0.39 is 5.60 Å². The molecule has 1 saturated heterocycles. The fourth-order valence-electron chi connectivity index (χ4n) is 3.80. The summed E-state index contributed by atoms with van der Waals surface area (Å²) in [5.74, 6) is 0.322. The van der Waals surface area contributed by atoms with Crippen LogP contribution in [-0.4, -0.2) is 63.0 Å². The van der Waals surface area contributed by atoms with E-state index in [0.717, 1.165) is 35.8 Å². The van der Waals surface area contributed by atoms with Crippen molar-refractivity contribution in [3.05, 3.63) is 35.5 Å². The molecule has 0 aromatic carbocycles. The van der Waals surface area contributed by atoms with Gasteiger partial charge in [-0.2, -0.15) is 0 Å². The zero-order chi connectivity index (χ0) is 23.3. The van der Waals surface area contributed by atoms with Gasteiger partial charge in [0.1, 0.15) is 10.6 Å². The summed E-state index contributed by atoms with van der Waals surface area (Å²) < 4.78 is 5.59. The van der Waals surface area contributed by atoms with Crippen LogP contribution < -0.4 is 0 Å². The van der Waals surface area contributed by atoms with Crippen molar-refractivity contribution >= 4 is 23.3 Å². The Morgan fingerprint density at radius 3 is 2.75 bits per heavy atom. The molecule has 32 heavy (non-hydrogen) atoms. The molecular weight excluding hydrogens is 424 g/mol. The summed E-state index contributed by atoms with van der Waals surface area (Å²) in [6, 6.07) is 5.76. The molecule has 2 aromatic heterocycles. The van der Waals surface area contributed by atoms with Crippen LogP contribution in [0.15, 0.2) is 29.8 Å². The fraction of sp³-hybridized carbons (Fsp3) is 0.583. The number of carbonyl (C=O) groups is 2. The largest absolute Gasteiger partial charge is 0.444 e. The lowest BCUT2D eigenvalue weighted by Crippen LogP contribution is -2.48. The van der Waals surface area contributed by atoms with Crippen molar-refractivity contribution in [2.24, 2.45) is 5.92 Å². The lowest BCUT2D eigenvalue weighted by molar-refractivity contribution is -0.132. The number of rotatable bonds is 6. The number of likely N-dealkylation sites (tertiary alicyclic amines) is 1. The molecule has 2 amide bonds. The summed E-state index contributed by atoms with van der Waals surface area (Å²) in [4.78, 5) is 38.3. The van der Waals surface area contributed by atoms with Gasteiger partial charge in [0, 0.05) is 37.3 Å². The first kappa shape index (κ1) is 24.2. The topological polar surface area (TPSA) is 75.6 Å². The van der Waals surface area contributed by atoms with E-state index in [9.17, 15) is 9.59 Å². The quantitative estimate of drug-likeness (QED) is 0.631. The third-order valence-corrected chi connectivity index (χ3v) is 6.26. The number of thiazole rings is 1. The van der Waals surface area contributed by atoms with E-state index >= 15 is 0 Å². The maximum Gasteiger partial charge on any atom is 0.410 e. The molecule has 1 aliphatic heterocycles. The van der Waals surface area contributed by atoms with Crippen LogP contribution in [0.2, 0.25) is 0 Å². The minimum Gasteiger partial charge on any atom is -0.444 e. The highest BCUT2D eigenvalue weighted by atomic mass is 32.1. The lowest BCUT2D eigenvalue weighted by Gasteiger charge is -2.37. The van der Waals surface area contributed by atoms with E-state index in [1.54, 1.807) is 11.1 Å². The first-order chi connectivity index (χ1) is 15.1. The molecule has 0 spiro atoms. The molecule has 8 heteroatoms. The summed E-state index contributed by atoms with van der Waals surface area (Å²) >= 11 is 1.51. The number of ether oxygens (including phenoxy) is 1. The fourth-order valence-corrected chi connectivity index (χ4v) is 4.59. The predicted octanol–water partition coefficient (Wildman–Crippen LogP) is 4.63. The van der Waals surface area contributed by atoms with Crippen LogP contribution in [0.4, 0.5) is 4.79 Å². The minimum atomic E-state index is -0.527. The monoisotopic (exact) mass is 458 g/mol. The summed E-state index contributed by atoms with van der Waals surface area (Å²) in [7, 11) is 0. The molecule has 3 heterocycles. The highest BCUT2D eigenvalue weighted by Crippen LogP contribution is 2.24. The predicted molar refractivity (Wildman–Crippen MR) is 126 cm³/mol. The first-order valence-electron chi connectivity index (χ1n) is 11.3. The van der Waals surface area contributed by atoms with Crippen molar-refractivity contribution < 1.29 is 14.3 Å². The van der Waals surface area contributed by atoms with Crippen LogP contribution >= 0.6 is 11.3 Å². The third-order valence-electron chi connectivity index (χ3n) is 5.35. The van der Waals surface area contributed by atoms with Gasteiger partial charge in [0.25, 0.3) is 0 Å². The van der Waals surface area contributed by atoms with Gasteiger partial charge in [-0.25, -0.2) is 9.78 Å². The van der Waals surface area contributed by atoms with Crippen LogP contribution in [-0.2, 0) is 16.0 Å². The molecule has 0 radical (unpaired) electrons. The molecule has 0 saturated carbocycles. The Bertz CT molecular complexity index is 907. The molecule has 1 unspecified atom stereocenters. The van der Waals surface area contributed by atoms with E-state index in [0.29, 0.717) is 13.1 Å². The zero-order valence-electron chi connectivity index (χ0n) is 19.7. The van der Waals surface area contributed by atoms with Crippen molar-refractivity contribution in [2.75, 3.05) is 19.6 Å². The van der Waals surface area contributed by atoms with Gasteiger partial charge in [-0.05, 0) is 65.5 Å². The second-order valence-corrected chi connectivity index (χ2v) is 10.5. The molecule has 0 aliphatic carbocycles. The number of aromatic nitrogens is 2. The van der Waals surface area contributed by atoms with Gasteiger partial charge in [0.2, 0.25) is 5.91 Å². The van der Waals surface area contributed by atoms with E-state index in [2.05, 4.69) is 9.97 Å². The van der Waals surface area contributed by atoms with Gasteiger partial charge in [0.15, 0.2) is 0 Å². The van der Waals surface area contributed by atoms with Crippen molar-refractivity contribution in [1.29, 1.82) is 0 Å². The Balaban J connectivity index is 1.58. The lowest BCUT2D eigenvalue weighted by atomic mass is 9.96. The summed E-state index contributed by atoms with van der Waals surface area (Å²) in [5, 5.41) is 2.77. The van der Waals surface area contributed by atoms with Gasteiger partial charge < -0.3 is 14.5 Å². The summed E-state index contributed by atoms with van der Waals surface area (Å²) in [6.45, 7) is 11.6. The van der Waals surface area contributed by atoms with Crippen molar-refractivity contribution in [3.8, 4) is 10.7 Å². The number of pyridine rings is 1. The second kappa shape index (κ2) is 10.4. The van der Waals surface area contributed by atoms with Crippen LogP contribution in [0, 0.1) is 5.92 Å². The molecule has 1 fully saturated rings. The number of hydrogen-bond acceptors (Lipinski definition) is 6. The Kier molecular flexibility index (Phi) is 7.87. The molecule has 174 valence electrons. The van der Waals surface area contributed by atoms with Gasteiger partial charge in [-0.3, -0.25) is 9.78 Å². The van der Waals surface area contributed by atoms with Crippen LogP contribution in [0.25, 0.3) is 10.7 Å². The van der Waals surface area contributed by atoms with E-state index in [-0.39, 0.29) is 30.4 Å². The molecule has 1 aliphatic rings. The average Bonchev–Trinajstić information content (AvgIpc) is 3.20. The highest BCUT2D eigenvalue weighted by molar-refractivity contribution is 7.13. The Morgan fingerprint density at radius 2 is 2.09 bits per heavy atom. The zero-order valence-corrected chi connectivity index (χ0v) is 20.5. The van der Waals surface area contributed by atoms with Gasteiger partial charge in [0.05, 0.1) is 17.8 Å². The second-order valence-electron chi connectivity index (χ2n) is 9.61. The number of nitrogens with zero attached hydrogens (tertiary/aromatic N) is 4. The number of piperidine rings is 1. The van der Waals surface area contributed by atoms with Gasteiger partial charge in [-0.1, -0.05) is 6.07 Å². The smallest absolute Gasteiger partial charge is 0.410 e. The Morgan fingerprint density at radius 1 is 1.31 bits per heavy atom. The van der Waals surface area contributed by atoms with Crippen molar-refractivity contribution in [3.63, 3.8) is 0 Å². The number of amides is 2. The highest BCUT2D eigenvalue weighted by Gasteiger charge is 2.30. The standard InChI is InChI=1S/C24H34N4O3S/c1-17(2)28(23(30)31-24(3,4)5)15-18-9-8-12-27(14-18)21(29)13-19-16-32-22(26-19)20-10-6-7-11-25-20/h6-7,10-11,16-18H,8-9,12-15H2,1-5H3. The summed E-state index contributed by atoms with van der Waals surface area (Å²) in [6.07, 6.45) is 3.67. The summed E-state index contributed by atoms with van der Waals surface area (Å²) in [5.41, 5.74) is 1.07. The molecule has 1 atom stereocenters. The van der Waals surface area contributed by atoms with E-state index in [4.69, 9.17) is 4.74 Å². The Labute approximate surface area is 194 Å². The molecule has 0 N–H and O–H groups in total. The molecule has 0 bridgehead atoms.